The van der Waals surface area contributed by atoms with E-state index in [1.807, 2.05) is 13.0 Å². The molecule has 1 N–H and O–H groups in total. The van der Waals surface area contributed by atoms with Crippen LogP contribution in [0.1, 0.15) is 21.8 Å². The van der Waals surface area contributed by atoms with Gasteiger partial charge in [-0.25, -0.2) is 14.4 Å². The van der Waals surface area contributed by atoms with E-state index in [1.165, 1.54) is 42.2 Å². The van der Waals surface area contributed by atoms with Gasteiger partial charge in [0.1, 0.15) is 22.4 Å². The van der Waals surface area contributed by atoms with Crippen molar-refractivity contribution in [2.75, 3.05) is 5.32 Å². The normalized spacial score (nSPS) is 10.6. The summed E-state index contributed by atoms with van der Waals surface area (Å²) in [6.45, 7) is 1.82. The smallest absolute Gasteiger partial charge is 0.258 e. The van der Waals surface area contributed by atoms with E-state index < -0.39 is 0 Å². The fourth-order valence-electron chi connectivity index (χ4n) is 2.64. The van der Waals surface area contributed by atoms with Crippen molar-refractivity contribution < 1.29 is 18.4 Å². The van der Waals surface area contributed by atoms with E-state index in [0.717, 1.165) is 11.5 Å². The summed E-state index contributed by atoms with van der Waals surface area (Å²) in [5.74, 6) is 1.40. The number of ether oxygens (including phenoxy) is 1. The molecule has 1 aromatic carbocycles. The number of carbonyl (C=O) groups excluding carboxylic acids is 1. The molecule has 0 atom stereocenters. The third-order valence-electron chi connectivity index (χ3n) is 4.08. The van der Waals surface area contributed by atoms with E-state index in [2.05, 4.69) is 20.4 Å². The zero-order chi connectivity index (χ0) is 21.6. The first-order valence-corrected chi connectivity index (χ1v) is 10.3. The average Bonchev–Trinajstić information content (AvgIpc) is 3.20. The molecule has 0 saturated carbocycles. The van der Waals surface area contributed by atoms with Crippen molar-refractivity contribution in [1.29, 1.82) is 0 Å². The van der Waals surface area contributed by atoms with Gasteiger partial charge in [0.25, 0.3) is 5.91 Å². The first kappa shape index (κ1) is 20.5. The number of nitrogens with one attached hydrogen (secondary N) is 1. The summed E-state index contributed by atoms with van der Waals surface area (Å²) in [4.78, 5) is 21.3. The summed E-state index contributed by atoms with van der Waals surface area (Å²) in [6, 6.07) is 14.2. The molecule has 9 heteroatoms. The maximum absolute atomic E-state index is 13.0. The second-order valence-electron chi connectivity index (χ2n) is 6.47. The molecular weight excluding hydrogens is 419 g/mol. The van der Waals surface area contributed by atoms with Gasteiger partial charge in [-0.2, -0.15) is 0 Å². The molecule has 0 aliphatic carbocycles. The third kappa shape index (κ3) is 5.46. The van der Waals surface area contributed by atoms with Crippen LogP contribution >= 0.6 is 11.8 Å². The van der Waals surface area contributed by atoms with Crippen LogP contribution in [0.3, 0.4) is 0 Å². The molecule has 1 amide bonds. The van der Waals surface area contributed by atoms with Crippen molar-refractivity contribution in [3.8, 4) is 11.6 Å². The molecule has 0 spiro atoms. The minimum Gasteiger partial charge on any atom is -0.439 e. The molecule has 4 rings (SSSR count). The molecule has 0 fully saturated rings. The second kappa shape index (κ2) is 9.40. The highest BCUT2D eigenvalue weighted by Gasteiger charge is 2.14. The van der Waals surface area contributed by atoms with E-state index in [0.29, 0.717) is 33.7 Å². The van der Waals surface area contributed by atoms with Gasteiger partial charge in [0, 0.05) is 24.1 Å². The number of thioether (sulfide) groups is 1. The minimum absolute atomic E-state index is 0.305. The van der Waals surface area contributed by atoms with Crippen LogP contribution < -0.4 is 10.1 Å². The zero-order valence-corrected chi connectivity index (χ0v) is 17.2. The highest BCUT2D eigenvalue weighted by atomic mass is 32.2. The topological polar surface area (TPSA) is 90.1 Å². The van der Waals surface area contributed by atoms with Gasteiger partial charge >= 0.3 is 0 Å². The standard InChI is InChI=1S/C22H17FN4O3S/c1-14-11-17(27-30-14)13-31-22-19(3-2-10-24-22)21(28)26-16-6-9-20(25-12-16)29-18-7-4-15(23)5-8-18/h2-12H,13H2,1H3,(H,26,28). The molecule has 0 aliphatic rings. The predicted octanol–water partition coefficient (Wildman–Crippen LogP) is 5.25. The second-order valence-corrected chi connectivity index (χ2v) is 7.43. The summed E-state index contributed by atoms with van der Waals surface area (Å²) in [7, 11) is 0. The van der Waals surface area contributed by atoms with Gasteiger partial charge in [-0.05, 0) is 49.4 Å². The molecular formula is C22H17FN4O3S. The Hall–Kier alpha value is -3.72. The Balaban J connectivity index is 1.40. The minimum atomic E-state index is -0.345. The van der Waals surface area contributed by atoms with Gasteiger partial charge in [-0.1, -0.05) is 16.9 Å². The average molecular weight is 436 g/mol. The van der Waals surface area contributed by atoms with E-state index in [1.54, 1.807) is 30.5 Å². The molecule has 0 radical (unpaired) electrons. The molecule has 0 saturated heterocycles. The van der Waals surface area contributed by atoms with Crippen LogP contribution in [-0.2, 0) is 5.75 Å². The van der Waals surface area contributed by atoms with Crippen molar-refractivity contribution in [3.63, 3.8) is 0 Å². The Bertz CT molecular complexity index is 1180. The lowest BCUT2D eigenvalue weighted by Gasteiger charge is -2.09. The highest BCUT2D eigenvalue weighted by Crippen LogP contribution is 2.25. The SMILES string of the molecule is Cc1cc(CSc2ncccc2C(=O)Nc2ccc(Oc3ccc(F)cc3)nc2)no1. The number of pyridine rings is 2. The predicted molar refractivity (Wildman–Crippen MR) is 114 cm³/mol. The number of hydrogen-bond donors (Lipinski definition) is 1. The molecule has 156 valence electrons. The van der Waals surface area contributed by atoms with Gasteiger partial charge in [-0.15, -0.1) is 0 Å². The lowest BCUT2D eigenvalue weighted by atomic mass is 10.2. The van der Waals surface area contributed by atoms with Crippen LogP contribution in [0.5, 0.6) is 11.6 Å². The third-order valence-corrected chi connectivity index (χ3v) is 5.12. The van der Waals surface area contributed by atoms with E-state index >= 15 is 0 Å². The summed E-state index contributed by atoms with van der Waals surface area (Å²) >= 11 is 1.40. The Morgan fingerprint density at radius 2 is 2.00 bits per heavy atom. The number of carbonyl (C=O) groups is 1. The Morgan fingerprint density at radius 3 is 2.71 bits per heavy atom. The highest BCUT2D eigenvalue weighted by molar-refractivity contribution is 7.98. The molecule has 3 heterocycles. The molecule has 4 aromatic rings. The van der Waals surface area contributed by atoms with Crippen molar-refractivity contribution in [3.05, 3.63) is 89.8 Å². The lowest BCUT2D eigenvalue weighted by Crippen LogP contribution is -2.13. The van der Waals surface area contributed by atoms with Gasteiger partial charge in [0.05, 0.1) is 23.1 Å². The zero-order valence-electron chi connectivity index (χ0n) is 16.4. The quantitative estimate of drug-likeness (QED) is 0.396. The maximum Gasteiger partial charge on any atom is 0.258 e. The van der Waals surface area contributed by atoms with E-state index in [4.69, 9.17) is 9.26 Å². The summed E-state index contributed by atoms with van der Waals surface area (Å²) in [5.41, 5.74) is 1.73. The number of hydrogen-bond acceptors (Lipinski definition) is 7. The van der Waals surface area contributed by atoms with Gasteiger partial charge in [0.2, 0.25) is 5.88 Å². The van der Waals surface area contributed by atoms with E-state index in [9.17, 15) is 9.18 Å². The number of rotatable bonds is 7. The molecule has 0 bridgehead atoms. The van der Waals surface area contributed by atoms with Crippen molar-refractivity contribution in [2.24, 2.45) is 0 Å². The molecule has 7 nitrogen and oxygen atoms in total. The number of anilines is 1. The number of amides is 1. The number of halogens is 1. The Kier molecular flexibility index (Phi) is 6.23. The maximum atomic E-state index is 13.0. The summed E-state index contributed by atoms with van der Waals surface area (Å²) < 4.78 is 23.6. The molecule has 0 unspecified atom stereocenters. The van der Waals surface area contributed by atoms with Crippen LogP contribution in [0.4, 0.5) is 10.1 Å². The van der Waals surface area contributed by atoms with Crippen LogP contribution in [-0.4, -0.2) is 21.0 Å². The summed E-state index contributed by atoms with van der Waals surface area (Å²) in [5, 5.41) is 7.35. The Morgan fingerprint density at radius 1 is 1.16 bits per heavy atom. The van der Waals surface area contributed by atoms with Crippen LogP contribution in [0, 0.1) is 12.7 Å². The fourth-order valence-corrected chi connectivity index (χ4v) is 3.52. The van der Waals surface area contributed by atoms with Gasteiger partial charge < -0.3 is 14.6 Å². The molecule has 31 heavy (non-hydrogen) atoms. The first-order chi connectivity index (χ1) is 15.1. The summed E-state index contributed by atoms with van der Waals surface area (Å²) in [6.07, 6.45) is 3.12. The van der Waals surface area contributed by atoms with Gasteiger partial charge in [0.15, 0.2) is 0 Å². The monoisotopic (exact) mass is 436 g/mol. The van der Waals surface area contributed by atoms with Crippen LogP contribution in [0.25, 0.3) is 0 Å². The van der Waals surface area contributed by atoms with Crippen LogP contribution in [0.2, 0.25) is 0 Å². The largest absolute Gasteiger partial charge is 0.439 e. The number of benzene rings is 1. The van der Waals surface area contributed by atoms with Gasteiger partial charge in [-0.3, -0.25) is 4.79 Å². The molecule has 0 aliphatic heterocycles. The first-order valence-electron chi connectivity index (χ1n) is 9.28. The molecule has 3 aromatic heterocycles. The lowest BCUT2D eigenvalue weighted by molar-refractivity contribution is 0.102. The van der Waals surface area contributed by atoms with Crippen molar-refractivity contribution >= 4 is 23.4 Å². The number of aromatic nitrogens is 3. The van der Waals surface area contributed by atoms with E-state index in [-0.39, 0.29) is 11.7 Å². The number of nitrogens with zero attached hydrogens (tertiary/aromatic N) is 3. The number of aryl methyl sites for hydroxylation is 1. The van der Waals surface area contributed by atoms with Crippen molar-refractivity contribution in [1.82, 2.24) is 15.1 Å². The van der Waals surface area contributed by atoms with Crippen molar-refractivity contribution in [2.45, 2.75) is 17.7 Å². The Labute approximate surface area is 181 Å². The fraction of sp³-hybridized carbons (Fsp3) is 0.0909. The van der Waals surface area contributed by atoms with Crippen LogP contribution in [0.15, 0.2) is 76.5 Å².